The van der Waals surface area contributed by atoms with Crippen LogP contribution < -0.4 is 10.2 Å². The van der Waals surface area contributed by atoms with Gasteiger partial charge in [-0.05, 0) is 57.0 Å². The van der Waals surface area contributed by atoms with Crippen molar-refractivity contribution in [2.24, 2.45) is 0 Å². The number of benzene rings is 2. The van der Waals surface area contributed by atoms with Crippen LogP contribution in [0.5, 0.6) is 0 Å². The van der Waals surface area contributed by atoms with Crippen LogP contribution in [-0.2, 0) is 16.0 Å². The molecule has 156 valence electrons. The molecule has 0 bridgehead atoms. The van der Waals surface area contributed by atoms with E-state index < -0.39 is 11.7 Å². The molecule has 2 amide bonds. The summed E-state index contributed by atoms with van der Waals surface area (Å²) < 4.78 is 5.24. The Labute approximate surface area is 175 Å². The van der Waals surface area contributed by atoms with Gasteiger partial charge < -0.3 is 15.0 Å². The first-order valence-electron chi connectivity index (χ1n) is 10.0. The van der Waals surface area contributed by atoms with Crippen LogP contribution >= 0.6 is 0 Å². The number of rotatable bonds is 3. The van der Waals surface area contributed by atoms with E-state index in [-0.39, 0.29) is 18.5 Å². The van der Waals surface area contributed by atoms with Crippen LogP contribution in [0.2, 0.25) is 0 Å². The second-order valence-corrected chi connectivity index (χ2v) is 8.61. The first kappa shape index (κ1) is 19.9. The van der Waals surface area contributed by atoms with E-state index in [0.29, 0.717) is 6.42 Å². The van der Waals surface area contributed by atoms with Gasteiger partial charge >= 0.3 is 6.09 Å². The van der Waals surface area contributed by atoms with Gasteiger partial charge in [-0.2, -0.15) is 0 Å². The van der Waals surface area contributed by atoms with Crippen LogP contribution in [0.25, 0.3) is 11.0 Å². The molecule has 0 saturated heterocycles. The minimum atomic E-state index is -0.623. The number of carbonyl (C=O) groups excluding carboxylic acids is 2. The van der Waals surface area contributed by atoms with Gasteiger partial charge in [-0.3, -0.25) is 9.69 Å². The molecule has 1 unspecified atom stereocenters. The van der Waals surface area contributed by atoms with E-state index in [2.05, 4.69) is 10.3 Å². The van der Waals surface area contributed by atoms with E-state index in [1.165, 1.54) is 0 Å². The van der Waals surface area contributed by atoms with Gasteiger partial charge in [0.2, 0.25) is 5.91 Å². The maximum atomic E-state index is 13.1. The van der Waals surface area contributed by atoms with Gasteiger partial charge in [0, 0.05) is 12.1 Å². The number of ether oxygens (including phenoxy) is 1. The zero-order valence-electron chi connectivity index (χ0n) is 17.7. The smallest absolute Gasteiger partial charge is 0.408 e. The van der Waals surface area contributed by atoms with Crippen LogP contribution in [0.15, 0.2) is 42.5 Å². The molecular weight excluding hydrogens is 380 g/mol. The molecule has 0 fully saturated rings. The zero-order chi connectivity index (χ0) is 21.5. The van der Waals surface area contributed by atoms with E-state index in [4.69, 9.17) is 9.72 Å². The summed E-state index contributed by atoms with van der Waals surface area (Å²) in [6.45, 7) is 7.22. The number of anilines is 1. The van der Waals surface area contributed by atoms with Crippen molar-refractivity contribution in [2.45, 2.75) is 45.8 Å². The van der Waals surface area contributed by atoms with Gasteiger partial charge in [-0.15, -0.1) is 0 Å². The highest BCUT2D eigenvalue weighted by Gasteiger charge is 2.36. The van der Waals surface area contributed by atoms with E-state index >= 15 is 0 Å². The van der Waals surface area contributed by atoms with Crippen molar-refractivity contribution < 1.29 is 14.3 Å². The summed E-state index contributed by atoms with van der Waals surface area (Å²) in [6, 6.07) is 13.6. The topological polar surface area (TPSA) is 87.3 Å². The number of alkyl carbamates (subject to hydrolysis) is 1. The van der Waals surface area contributed by atoms with Gasteiger partial charge in [-0.1, -0.05) is 24.3 Å². The number of aryl methyl sites for hydroxylation is 1. The molecule has 4 rings (SSSR count). The highest BCUT2D eigenvalue weighted by molar-refractivity contribution is 5.99. The minimum absolute atomic E-state index is 0.154. The van der Waals surface area contributed by atoms with Crippen LogP contribution in [0.1, 0.15) is 43.8 Å². The molecule has 2 heterocycles. The molecule has 0 aliphatic carbocycles. The molecule has 30 heavy (non-hydrogen) atoms. The molecule has 1 aliphatic heterocycles. The molecule has 0 spiro atoms. The van der Waals surface area contributed by atoms with Crippen molar-refractivity contribution in [3.63, 3.8) is 0 Å². The van der Waals surface area contributed by atoms with Crippen LogP contribution in [0.3, 0.4) is 0 Å². The lowest BCUT2D eigenvalue weighted by atomic mass is 10.1. The number of para-hydroxylation sites is 1. The number of imidazole rings is 1. The third-order valence-electron chi connectivity index (χ3n) is 5.00. The van der Waals surface area contributed by atoms with E-state index in [1.807, 2.05) is 49.4 Å². The number of nitrogens with one attached hydrogen (secondary N) is 2. The molecule has 1 atom stereocenters. The number of nitrogens with zero attached hydrogens (tertiary/aromatic N) is 2. The number of hydrogen-bond donors (Lipinski definition) is 2. The summed E-state index contributed by atoms with van der Waals surface area (Å²) in [5.74, 6) is 0.518. The molecule has 7 heteroatoms. The van der Waals surface area contributed by atoms with Crippen molar-refractivity contribution in [3.8, 4) is 0 Å². The second kappa shape index (κ2) is 7.48. The number of hydrogen-bond acceptors (Lipinski definition) is 4. The first-order valence-corrected chi connectivity index (χ1v) is 10.0. The predicted octanol–water partition coefficient (Wildman–Crippen LogP) is 4.03. The van der Waals surface area contributed by atoms with E-state index in [9.17, 15) is 9.59 Å². The predicted molar refractivity (Wildman–Crippen MR) is 115 cm³/mol. The van der Waals surface area contributed by atoms with E-state index in [1.54, 1.807) is 25.7 Å². The molecule has 0 radical (unpaired) electrons. The largest absolute Gasteiger partial charge is 0.444 e. The number of H-pyrrole nitrogens is 1. The summed E-state index contributed by atoms with van der Waals surface area (Å²) in [5, 5.41) is 2.57. The summed E-state index contributed by atoms with van der Waals surface area (Å²) >= 11 is 0. The summed E-state index contributed by atoms with van der Waals surface area (Å²) in [5.41, 5.74) is 4.23. The van der Waals surface area contributed by atoms with Gasteiger partial charge in [0.25, 0.3) is 0 Å². The highest BCUT2D eigenvalue weighted by atomic mass is 16.6. The summed E-state index contributed by atoms with van der Waals surface area (Å²) in [6.07, 6.45) is 0.0479. The maximum absolute atomic E-state index is 13.1. The van der Waals surface area contributed by atoms with Crippen LogP contribution in [0, 0.1) is 6.92 Å². The molecule has 7 nitrogen and oxygen atoms in total. The Kier molecular flexibility index (Phi) is 4.97. The maximum Gasteiger partial charge on any atom is 0.408 e. The average Bonchev–Trinajstić information content (AvgIpc) is 3.25. The quantitative estimate of drug-likeness (QED) is 0.688. The normalized spacial score (nSPS) is 15.9. The fourth-order valence-electron chi connectivity index (χ4n) is 3.75. The van der Waals surface area contributed by atoms with E-state index in [0.717, 1.165) is 33.7 Å². The summed E-state index contributed by atoms with van der Waals surface area (Å²) in [7, 11) is 0. The third kappa shape index (κ3) is 4.01. The first-order chi connectivity index (χ1) is 14.2. The molecule has 1 aromatic heterocycles. The molecule has 1 aliphatic rings. The van der Waals surface area contributed by atoms with Crippen molar-refractivity contribution in [1.29, 1.82) is 0 Å². The highest BCUT2D eigenvalue weighted by Crippen LogP contribution is 2.39. The Bertz CT molecular complexity index is 1110. The number of fused-ring (bicyclic) bond motifs is 2. The monoisotopic (exact) mass is 406 g/mol. The Balaban J connectivity index is 1.60. The van der Waals surface area contributed by atoms with Gasteiger partial charge in [-0.25, -0.2) is 9.78 Å². The summed E-state index contributed by atoms with van der Waals surface area (Å²) in [4.78, 5) is 35.0. The minimum Gasteiger partial charge on any atom is -0.444 e. The van der Waals surface area contributed by atoms with Crippen molar-refractivity contribution in [2.75, 3.05) is 11.4 Å². The fraction of sp³-hybridized carbons (Fsp3) is 0.348. The standard InChI is InChI=1S/C23H26N4O3/c1-14-9-10-16-17(11-14)26-21(25-16)19-12-15-7-5-6-8-18(15)27(19)20(28)13-24-22(29)30-23(2,3)4/h5-11,19H,12-13H2,1-4H3,(H,24,29)(H,25,26). The Morgan fingerprint density at radius 3 is 2.77 bits per heavy atom. The fourth-order valence-corrected chi connectivity index (χ4v) is 3.75. The number of aromatic nitrogens is 2. The van der Waals surface area contributed by atoms with Crippen molar-refractivity contribution >= 4 is 28.7 Å². The third-order valence-corrected chi connectivity index (χ3v) is 5.00. The number of amides is 2. The average molecular weight is 406 g/mol. The Hall–Kier alpha value is -3.35. The molecule has 3 aromatic rings. The number of carbonyl (C=O) groups is 2. The lowest BCUT2D eigenvalue weighted by molar-refractivity contribution is -0.118. The van der Waals surface area contributed by atoms with Gasteiger partial charge in [0.1, 0.15) is 18.0 Å². The Morgan fingerprint density at radius 1 is 1.23 bits per heavy atom. The van der Waals surface area contributed by atoms with Gasteiger partial charge in [0.15, 0.2) is 0 Å². The lowest BCUT2D eigenvalue weighted by Gasteiger charge is -2.25. The number of aromatic amines is 1. The SMILES string of the molecule is Cc1ccc2[nH]c(C3Cc4ccccc4N3C(=O)CNC(=O)OC(C)(C)C)nc2c1. The van der Waals surface area contributed by atoms with Crippen molar-refractivity contribution in [3.05, 3.63) is 59.4 Å². The Morgan fingerprint density at radius 2 is 2.00 bits per heavy atom. The lowest BCUT2D eigenvalue weighted by Crippen LogP contribution is -2.42. The van der Waals surface area contributed by atoms with Crippen molar-refractivity contribution in [1.82, 2.24) is 15.3 Å². The second-order valence-electron chi connectivity index (χ2n) is 8.61. The molecule has 0 saturated carbocycles. The zero-order valence-corrected chi connectivity index (χ0v) is 17.7. The molecule has 2 N–H and O–H groups in total. The van der Waals surface area contributed by atoms with Gasteiger partial charge in [0.05, 0.1) is 17.1 Å². The molecule has 2 aromatic carbocycles. The van der Waals surface area contributed by atoms with Crippen LogP contribution in [0.4, 0.5) is 10.5 Å². The molecular formula is C23H26N4O3. The van der Waals surface area contributed by atoms with Crippen LogP contribution in [-0.4, -0.2) is 34.1 Å².